The third-order valence-corrected chi connectivity index (χ3v) is 3.00. The van der Waals surface area contributed by atoms with Gasteiger partial charge in [0, 0.05) is 6.04 Å². The van der Waals surface area contributed by atoms with Gasteiger partial charge in [-0.1, -0.05) is 58.9 Å². The molecule has 1 aromatic rings. The molecular formula is C15H25N. The van der Waals surface area contributed by atoms with E-state index >= 15 is 0 Å². The Labute approximate surface area is 100 Å². The molecule has 0 aromatic heterocycles. The van der Waals surface area contributed by atoms with Gasteiger partial charge in [-0.3, -0.25) is 0 Å². The van der Waals surface area contributed by atoms with Gasteiger partial charge in [-0.2, -0.15) is 0 Å². The molecule has 1 unspecified atom stereocenters. The Morgan fingerprint density at radius 2 is 1.75 bits per heavy atom. The first-order valence-electron chi connectivity index (χ1n) is 6.33. The Bertz CT molecular complexity index is 322. The molecule has 0 aliphatic carbocycles. The van der Waals surface area contributed by atoms with Gasteiger partial charge in [0.1, 0.15) is 0 Å². The monoisotopic (exact) mass is 219 g/mol. The van der Waals surface area contributed by atoms with Crippen LogP contribution in [0.1, 0.15) is 58.2 Å². The van der Waals surface area contributed by atoms with Gasteiger partial charge < -0.3 is 5.32 Å². The summed E-state index contributed by atoms with van der Waals surface area (Å²) in [5.41, 5.74) is 3.14. The summed E-state index contributed by atoms with van der Waals surface area (Å²) >= 11 is 0. The fourth-order valence-electron chi connectivity index (χ4n) is 2.20. The van der Waals surface area contributed by atoms with E-state index < -0.39 is 0 Å². The topological polar surface area (TPSA) is 12.0 Å². The van der Waals surface area contributed by atoms with E-state index in [-0.39, 0.29) is 5.41 Å². The molecule has 90 valence electrons. The van der Waals surface area contributed by atoms with Gasteiger partial charge in [0.15, 0.2) is 0 Å². The van der Waals surface area contributed by atoms with Crippen molar-refractivity contribution in [1.82, 2.24) is 5.32 Å². The maximum Gasteiger partial charge on any atom is 0.0320 e. The van der Waals surface area contributed by atoms with Crippen LogP contribution in [0.2, 0.25) is 0 Å². The molecule has 0 radical (unpaired) electrons. The highest BCUT2D eigenvalue weighted by Gasteiger charge is 2.20. The second-order valence-corrected chi connectivity index (χ2v) is 5.36. The van der Waals surface area contributed by atoms with E-state index in [4.69, 9.17) is 0 Å². The van der Waals surface area contributed by atoms with Crippen LogP contribution < -0.4 is 5.32 Å². The summed E-state index contributed by atoms with van der Waals surface area (Å²) in [7, 11) is 0. The maximum atomic E-state index is 3.56. The molecule has 0 fully saturated rings. The summed E-state index contributed by atoms with van der Waals surface area (Å²) in [4.78, 5) is 0. The fourth-order valence-corrected chi connectivity index (χ4v) is 2.20. The number of hydrogen-bond donors (Lipinski definition) is 1. The zero-order chi connectivity index (χ0) is 12.2. The van der Waals surface area contributed by atoms with Crippen molar-refractivity contribution < 1.29 is 0 Å². The van der Waals surface area contributed by atoms with Crippen LogP contribution in [0.15, 0.2) is 24.3 Å². The summed E-state index contributed by atoms with van der Waals surface area (Å²) in [6, 6.07) is 9.29. The van der Waals surface area contributed by atoms with Crippen LogP contribution >= 0.6 is 0 Å². The molecule has 0 aliphatic heterocycles. The molecule has 1 nitrogen and oxygen atoms in total. The van der Waals surface area contributed by atoms with Crippen molar-refractivity contribution in [3.8, 4) is 0 Å². The van der Waals surface area contributed by atoms with E-state index in [9.17, 15) is 0 Å². The minimum absolute atomic E-state index is 0.222. The van der Waals surface area contributed by atoms with Crippen LogP contribution in [-0.4, -0.2) is 6.54 Å². The molecule has 1 rings (SSSR count). The first-order valence-corrected chi connectivity index (χ1v) is 6.33. The summed E-state index contributed by atoms with van der Waals surface area (Å²) < 4.78 is 0. The van der Waals surface area contributed by atoms with Crippen LogP contribution in [0, 0.1) is 0 Å². The van der Waals surface area contributed by atoms with E-state index in [0.29, 0.717) is 6.04 Å². The lowest BCUT2D eigenvalue weighted by atomic mass is 9.81. The van der Waals surface area contributed by atoms with Gasteiger partial charge in [-0.05, 0) is 29.5 Å². The number of hydrogen-bond acceptors (Lipinski definition) is 1. The average molecular weight is 219 g/mol. The second-order valence-electron chi connectivity index (χ2n) is 5.36. The third kappa shape index (κ3) is 3.08. The van der Waals surface area contributed by atoms with Gasteiger partial charge >= 0.3 is 0 Å². The van der Waals surface area contributed by atoms with Crippen LogP contribution in [-0.2, 0) is 5.41 Å². The van der Waals surface area contributed by atoms with Gasteiger partial charge in [0.25, 0.3) is 0 Å². The van der Waals surface area contributed by atoms with Crippen molar-refractivity contribution in [3.63, 3.8) is 0 Å². The standard InChI is InChI=1S/C15H25N/c1-6-14(16-7-2)12-10-8-9-11-13(12)15(3,4)5/h8-11,14,16H,6-7H2,1-5H3. The molecular weight excluding hydrogens is 194 g/mol. The molecule has 1 atom stereocenters. The van der Waals surface area contributed by atoms with Gasteiger partial charge in [-0.25, -0.2) is 0 Å². The summed E-state index contributed by atoms with van der Waals surface area (Å²) in [5, 5.41) is 3.56. The van der Waals surface area contributed by atoms with E-state index in [1.807, 2.05) is 0 Å². The molecule has 0 bridgehead atoms. The molecule has 1 heteroatoms. The molecule has 0 saturated heterocycles. The first kappa shape index (κ1) is 13.2. The minimum atomic E-state index is 0.222. The Morgan fingerprint density at radius 3 is 2.25 bits per heavy atom. The normalized spacial score (nSPS) is 13.8. The zero-order valence-corrected chi connectivity index (χ0v) is 11.3. The van der Waals surface area contributed by atoms with Gasteiger partial charge in [-0.15, -0.1) is 0 Å². The molecule has 0 saturated carbocycles. The second kappa shape index (κ2) is 5.49. The molecule has 0 amide bonds. The first-order chi connectivity index (χ1) is 7.50. The van der Waals surface area contributed by atoms with Crippen LogP contribution in [0.25, 0.3) is 0 Å². The van der Waals surface area contributed by atoms with E-state index in [2.05, 4.69) is 64.2 Å². The van der Waals surface area contributed by atoms with E-state index in [1.54, 1.807) is 0 Å². The quantitative estimate of drug-likeness (QED) is 0.805. The average Bonchev–Trinajstić information content (AvgIpc) is 2.25. The minimum Gasteiger partial charge on any atom is -0.310 e. The Morgan fingerprint density at radius 1 is 1.12 bits per heavy atom. The Kier molecular flexibility index (Phi) is 4.55. The zero-order valence-electron chi connectivity index (χ0n) is 11.3. The van der Waals surface area contributed by atoms with E-state index in [0.717, 1.165) is 13.0 Å². The maximum absolute atomic E-state index is 3.56. The summed E-state index contributed by atoms with van der Waals surface area (Å²) in [5.74, 6) is 0. The third-order valence-electron chi connectivity index (χ3n) is 3.00. The molecule has 1 N–H and O–H groups in total. The lowest BCUT2D eigenvalue weighted by molar-refractivity contribution is 0.509. The molecule has 1 aromatic carbocycles. The van der Waals surface area contributed by atoms with Crippen LogP contribution in [0.3, 0.4) is 0 Å². The number of nitrogens with one attached hydrogen (secondary N) is 1. The van der Waals surface area contributed by atoms with Crippen molar-refractivity contribution in [3.05, 3.63) is 35.4 Å². The van der Waals surface area contributed by atoms with Crippen molar-refractivity contribution >= 4 is 0 Å². The van der Waals surface area contributed by atoms with Crippen molar-refractivity contribution in [2.24, 2.45) is 0 Å². The van der Waals surface area contributed by atoms with Crippen LogP contribution in [0.4, 0.5) is 0 Å². The lowest BCUT2D eigenvalue weighted by Gasteiger charge is -2.27. The van der Waals surface area contributed by atoms with Crippen LogP contribution in [0.5, 0.6) is 0 Å². The van der Waals surface area contributed by atoms with Gasteiger partial charge in [0.2, 0.25) is 0 Å². The highest BCUT2D eigenvalue weighted by atomic mass is 14.9. The Hall–Kier alpha value is -0.820. The SMILES string of the molecule is CCNC(CC)c1ccccc1C(C)(C)C. The highest BCUT2D eigenvalue weighted by molar-refractivity contribution is 5.35. The predicted octanol–water partition coefficient (Wildman–Crippen LogP) is 4.04. The van der Waals surface area contributed by atoms with Gasteiger partial charge in [0.05, 0.1) is 0 Å². The smallest absolute Gasteiger partial charge is 0.0320 e. The van der Waals surface area contributed by atoms with E-state index in [1.165, 1.54) is 11.1 Å². The summed E-state index contributed by atoms with van der Waals surface area (Å²) in [6.07, 6.45) is 1.14. The fraction of sp³-hybridized carbons (Fsp3) is 0.600. The molecule has 0 spiro atoms. The molecule has 0 aliphatic rings. The largest absolute Gasteiger partial charge is 0.310 e. The molecule has 0 heterocycles. The number of benzene rings is 1. The lowest BCUT2D eigenvalue weighted by Crippen LogP contribution is -2.24. The molecule has 16 heavy (non-hydrogen) atoms. The Balaban J connectivity index is 3.11. The number of rotatable bonds is 4. The summed E-state index contributed by atoms with van der Waals surface area (Å²) in [6.45, 7) is 12.3. The van der Waals surface area contributed by atoms with Crippen molar-refractivity contribution in [2.45, 2.75) is 52.5 Å². The van der Waals surface area contributed by atoms with Crippen molar-refractivity contribution in [2.75, 3.05) is 6.54 Å². The van der Waals surface area contributed by atoms with Crippen molar-refractivity contribution in [1.29, 1.82) is 0 Å². The predicted molar refractivity (Wildman–Crippen MR) is 71.9 cm³/mol. The highest BCUT2D eigenvalue weighted by Crippen LogP contribution is 2.30.